The van der Waals surface area contributed by atoms with Gasteiger partial charge in [-0.25, -0.2) is 26.3 Å². The predicted molar refractivity (Wildman–Crippen MR) is 123 cm³/mol. The first-order valence-electron chi connectivity index (χ1n) is 10.9. The Morgan fingerprint density at radius 2 is 1.81 bits per heavy atom. The van der Waals surface area contributed by atoms with Gasteiger partial charge in [0, 0.05) is 31.7 Å². The summed E-state index contributed by atoms with van der Waals surface area (Å²) >= 11 is 0. The van der Waals surface area contributed by atoms with E-state index in [-0.39, 0.29) is 29.1 Å². The summed E-state index contributed by atoms with van der Waals surface area (Å²) in [5, 5.41) is 11.8. The van der Waals surface area contributed by atoms with Gasteiger partial charge < -0.3 is 4.90 Å². The Morgan fingerprint density at radius 1 is 1.12 bits per heavy atom. The molecule has 1 aliphatic carbocycles. The molecule has 180 valence electrons. The fourth-order valence-corrected chi connectivity index (χ4v) is 6.33. The number of anilines is 1. The number of hydrogen-bond acceptors (Lipinski definition) is 7. The number of sulfonamides is 2. The lowest BCUT2D eigenvalue weighted by molar-refractivity contribution is -0.384. The SMILES string of the molecule is CC1CCC(NS(=O)(=O)c2ccc(N3CCCC(CNS(C)(=O)=O)C3)c([N+](=O)[O-])c2)CC1. The zero-order valence-electron chi connectivity index (χ0n) is 18.5. The van der Waals surface area contributed by atoms with Crippen LogP contribution in [0.3, 0.4) is 0 Å². The Kier molecular flexibility index (Phi) is 7.79. The third-order valence-corrected chi connectivity index (χ3v) is 8.49. The average molecular weight is 489 g/mol. The minimum absolute atomic E-state index is 0.0110. The van der Waals surface area contributed by atoms with Crippen LogP contribution in [0.25, 0.3) is 0 Å². The van der Waals surface area contributed by atoms with Crippen LogP contribution in [0.5, 0.6) is 0 Å². The molecule has 1 saturated heterocycles. The summed E-state index contributed by atoms with van der Waals surface area (Å²) in [5.41, 5.74) is 0.0892. The number of nitro benzene ring substituents is 1. The van der Waals surface area contributed by atoms with Crippen LogP contribution in [0.2, 0.25) is 0 Å². The highest BCUT2D eigenvalue weighted by molar-refractivity contribution is 7.89. The summed E-state index contributed by atoms with van der Waals surface area (Å²) in [6.07, 6.45) is 6.10. The Morgan fingerprint density at radius 3 is 2.44 bits per heavy atom. The van der Waals surface area contributed by atoms with Gasteiger partial charge >= 0.3 is 0 Å². The van der Waals surface area contributed by atoms with Crippen LogP contribution in [-0.4, -0.2) is 53.7 Å². The molecule has 1 aromatic rings. The number of nitro groups is 1. The lowest BCUT2D eigenvalue weighted by Crippen LogP contribution is -2.41. The molecule has 1 saturated carbocycles. The van der Waals surface area contributed by atoms with Gasteiger partial charge in [0.1, 0.15) is 5.69 Å². The third kappa shape index (κ3) is 6.63. The van der Waals surface area contributed by atoms with Crippen LogP contribution in [0, 0.1) is 22.0 Å². The summed E-state index contributed by atoms with van der Waals surface area (Å²) in [6, 6.07) is 3.87. The Hall–Kier alpha value is -1.76. The second-order valence-electron chi connectivity index (χ2n) is 9.06. The number of nitrogens with zero attached hydrogens (tertiary/aromatic N) is 2. The van der Waals surface area contributed by atoms with E-state index < -0.39 is 25.0 Å². The summed E-state index contributed by atoms with van der Waals surface area (Å²) in [6.45, 7) is 3.45. The molecule has 0 aromatic heterocycles. The first-order chi connectivity index (χ1) is 14.9. The van der Waals surface area contributed by atoms with Crippen molar-refractivity contribution in [1.82, 2.24) is 9.44 Å². The van der Waals surface area contributed by atoms with E-state index in [2.05, 4.69) is 16.4 Å². The predicted octanol–water partition coefficient (Wildman–Crippen LogP) is 2.22. The van der Waals surface area contributed by atoms with Crippen LogP contribution < -0.4 is 14.3 Å². The Bertz CT molecular complexity index is 1040. The van der Waals surface area contributed by atoms with Crippen molar-refractivity contribution in [2.24, 2.45) is 11.8 Å². The smallest absolute Gasteiger partial charge is 0.293 e. The highest BCUT2D eigenvalue weighted by atomic mass is 32.2. The molecule has 0 amide bonds. The second kappa shape index (κ2) is 10.0. The molecule has 3 rings (SSSR count). The maximum Gasteiger partial charge on any atom is 0.293 e. The van der Waals surface area contributed by atoms with E-state index in [1.165, 1.54) is 12.1 Å². The molecule has 0 radical (unpaired) electrons. The number of nitrogens with one attached hydrogen (secondary N) is 2. The highest BCUT2D eigenvalue weighted by Gasteiger charge is 2.30. The van der Waals surface area contributed by atoms with Crippen molar-refractivity contribution in [1.29, 1.82) is 0 Å². The second-order valence-corrected chi connectivity index (χ2v) is 12.6. The van der Waals surface area contributed by atoms with Gasteiger partial charge in [-0.05, 0) is 62.5 Å². The fourth-order valence-electron chi connectivity index (χ4n) is 4.47. The van der Waals surface area contributed by atoms with E-state index in [0.29, 0.717) is 24.7 Å². The third-order valence-electron chi connectivity index (χ3n) is 6.29. The van der Waals surface area contributed by atoms with Crippen molar-refractivity contribution >= 4 is 31.4 Å². The molecule has 0 spiro atoms. The van der Waals surface area contributed by atoms with E-state index in [1.807, 2.05) is 4.90 Å². The number of hydrogen-bond donors (Lipinski definition) is 2. The summed E-state index contributed by atoms with van der Waals surface area (Å²) in [7, 11) is -7.18. The molecular formula is C20H32N4O6S2. The molecule has 2 N–H and O–H groups in total. The van der Waals surface area contributed by atoms with Gasteiger partial charge in [0.2, 0.25) is 20.0 Å². The van der Waals surface area contributed by atoms with E-state index in [4.69, 9.17) is 0 Å². The van der Waals surface area contributed by atoms with Crippen LogP contribution in [0.1, 0.15) is 45.4 Å². The van der Waals surface area contributed by atoms with Gasteiger partial charge in [-0.3, -0.25) is 10.1 Å². The zero-order chi connectivity index (χ0) is 23.5. The Labute approximate surface area is 190 Å². The van der Waals surface area contributed by atoms with Gasteiger partial charge in [-0.2, -0.15) is 0 Å². The molecule has 1 aliphatic heterocycles. The molecule has 32 heavy (non-hydrogen) atoms. The molecule has 1 atom stereocenters. The van der Waals surface area contributed by atoms with Crippen molar-refractivity contribution in [2.75, 3.05) is 30.8 Å². The number of piperidine rings is 1. The van der Waals surface area contributed by atoms with Crippen molar-refractivity contribution in [3.05, 3.63) is 28.3 Å². The molecule has 10 nitrogen and oxygen atoms in total. The minimum atomic E-state index is -3.87. The van der Waals surface area contributed by atoms with Gasteiger partial charge in [-0.15, -0.1) is 0 Å². The van der Waals surface area contributed by atoms with E-state index in [9.17, 15) is 26.9 Å². The lowest BCUT2D eigenvalue weighted by atomic mass is 9.88. The van der Waals surface area contributed by atoms with Crippen LogP contribution >= 0.6 is 0 Å². The Balaban J connectivity index is 1.77. The van der Waals surface area contributed by atoms with Crippen molar-refractivity contribution < 1.29 is 21.8 Å². The van der Waals surface area contributed by atoms with Gasteiger partial charge in [0.25, 0.3) is 5.69 Å². The van der Waals surface area contributed by atoms with Crippen LogP contribution in [0.4, 0.5) is 11.4 Å². The van der Waals surface area contributed by atoms with Crippen molar-refractivity contribution in [3.8, 4) is 0 Å². The molecule has 2 fully saturated rings. The normalized spacial score (nSPS) is 24.9. The fraction of sp³-hybridized carbons (Fsp3) is 0.700. The quantitative estimate of drug-likeness (QED) is 0.422. The molecule has 1 unspecified atom stereocenters. The van der Waals surface area contributed by atoms with Crippen molar-refractivity contribution in [3.63, 3.8) is 0 Å². The molecule has 0 bridgehead atoms. The topological polar surface area (TPSA) is 139 Å². The van der Waals surface area contributed by atoms with Gasteiger partial charge in [-0.1, -0.05) is 6.92 Å². The summed E-state index contributed by atoms with van der Waals surface area (Å²) in [4.78, 5) is 12.9. The van der Waals surface area contributed by atoms with Crippen LogP contribution in [-0.2, 0) is 20.0 Å². The standard InChI is InChI=1S/C20H32N4O6S2/c1-15-5-7-17(8-6-15)22-32(29,30)18-9-10-19(20(12-18)24(25)26)23-11-3-4-16(14-23)13-21-31(2,27)28/h9-10,12,15-17,21-22H,3-8,11,13-14H2,1-2H3. The average Bonchev–Trinajstić information content (AvgIpc) is 2.73. The monoisotopic (exact) mass is 488 g/mol. The maximum atomic E-state index is 12.9. The molecule has 2 aliphatic rings. The largest absolute Gasteiger partial charge is 0.366 e. The first kappa shape index (κ1) is 24.9. The molecule has 1 heterocycles. The summed E-state index contributed by atoms with van der Waals surface area (Å²) < 4.78 is 53.7. The van der Waals surface area contributed by atoms with E-state index in [1.54, 1.807) is 0 Å². The molecule has 1 aromatic carbocycles. The number of benzene rings is 1. The maximum absolute atomic E-state index is 12.9. The molecular weight excluding hydrogens is 456 g/mol. The zero-order valence-corrected chi connectivity index (χ0v) is 20.1. The lowest BCUT2D eigenvalue weighted by Gasteiger charge is -2.34. The highest BCUT2D eigenvalue weighted by Crippen LogP contribution is 2.34. The first-order valence-corrected chi connectivity index (χ1v) is 14.3. The van der Waals surface area contributed by atoms with E-state index >= 15 is 0 Å². The summed E-state index contributed by atoms with van der Waals surface area (Å²) in [5.74, 6) is 0.592. The van der Waals surface area contributed by atoms with Gasteiger partial charge in [0.15, 0.2) is 0 Å². The van der Waals surface area contributed by atoms with Gasteiger partial charge in [0.05, 0.1) is 16.1 Å². The minimum Gasteiger partial charge on any atom is -0.366 e. The van der Waals surface area contributed by atoms with Crippen molar-refractivity contribution in [2.45, 2.75) is 56.4 Å². The van der Waals surface area contributed by atoms with Crippen LogP contribution in [0.15, 0.2) is 23.1 Å². The molecule has 12 heteroatoms. The number of rotatable bonds is 8. The van der Waals surface area contributed by atoms with E-state index in [0.717, 1.165) is 50.8 Å².